The van der Waals surface area contributed by atoms with Gasteiger partial charge < -0.3 is 5.32 Å². The second-order valence-corrected chi connectivity index (χ2v) is 5.40. The Morgan fingerprint density at radius 2 is 1.48 bits per heavy atom. The van der Waals surface area contributed by atoms with Crippen LogP contribution < -0.4 is 5.32 Å². The van der Waals surface area contributed by atoms with Gasteiger partial charge in [-0.25, -0.2) is 8.78 Å². The van der Waals surface area contributed by atoms with E-state index >= 15 is 0 Å². The predicted octanol–water partition coefficient (Wildman–Crippen LogP) is 3.31. The molecule has 3 rings (SSSR count). The number of carbonyl (C=O) groups excluding carboxylic acids is 1. The minimum absolute atomic E-state index is 0.0570. The Bertz CT molecular complexity index is 645. The van der Waals surface area contributed by atoms with E-state index in [1.165, 1.54) is 24.3 Å². The Hall–Kier alpha value is -2.23. The number of hydrogen-bond acceptors (Lipinski definition) is 1. The van der Waals surface area contributed by atoms with Crippen LogP contribution in [-0.4, -0.2) is 5.91 Å². The summed E-state index contributed by atoms with van der Waals surface area (Å²) in [5, 5.41) is 2.88. The zero-order valence-electron chi connectivity index (χ0n) is 11.4. The van der Waals surface area contributed by atoms with Crippen molar-refractivity contribution in [2.75, 3.05) is 0 Å². The summed E-state index contributed by atoms with van der Waals surface area (Å²) in [7, 11) is 0. The van der Waals surface area contributed by atoms with Crippen LogP contribution in [0.5, 0.6) is 0 Å². The molecule has 0 aliphatic heterocycles. The molecule has 1 amide bonds. The molecule has 0 radical (unpaired) electrons. The van der Waals surface area contributed by atoms with Crippen molar-refractivity contribution >= 4 is 5.91 Å². The molecule has 1 N–H and O–H groups in total. The summed E-state index contributed by atoms with van der Waals surface area (Å²) in [6.45, 7) is 0.363. The summed E-state index contributed by atoms with van der Waals surface area (Å²) in [5.74, 6) is -0.658. The third kappa shape index (κ3) is 2.79. The summed E-state index contributed by atoms with van der Waals surface area (Å²) in [6.07, 6.45) is 1.54. The zero-order valence-corrected chi connectivity index (χ0v) is 11.4. The van der Waals surface area contributed by atoms with Crippen LogP contribution >= 0.6 is 0 Å². The normalized spacial score (nSPS) is 15.5. The summed E-state index contributed by atoms with van der Waals surface area (Å²) >= 11 is 0. The van der Waals surface area contributed by atoms with E-state index in [0.29, 0.717) is 6.54 Å². The highest BCUT2D eigenvalue weighted by atomic mass is 19.1. The minimum Gasteiger partial charge on any atom is -0.351 e. The molecule has 108 valence electrons. The lowest BCUT2D eigenvalue weighted by Gasteiger charge is -2.16. The molecular formula is C17H15F2NO. The molecule has 0 heterocycles. The Morgan fingerprint density at radius 1 is 0.952 bits per heavy atom. The fourth-order valence-corrected chi connectivity index (χ4v) is 2.49. The van der Waals surface area contributed by atoms with Gasteiger partial charge in [-0.2, -0.15) is 0 Å². The lowest BCUT2D eigenvalue weighted by atomic mass is 9.95. The van der Waals surface area contributed by atoms with Crippen molar-refractivity contribution in [1.29, 1.82) is 0 Å². The molecular weight excluding hydrogens is 272 g/mol. The predicted molar refractivity (Wildman–Crippen MR) is 75.6 cm³/mol. The molecule has 4 heteroatoms. The van der Waals surface area contributed by atoms with Gasteiger partial charge in [0.1, 0.15) is 11.6 Å². The largest absolute Gasteiger partial charge is 0.351 e. The first kappa shape index (κ1) is 13.7. The van der Waals surface area contributed by atoms with Crippen molar-refractivity contribution < 1.29 is 13.6 Å². The van der Waals surface area contributed by atoms with Gasteiger partial charge in [-0.1, -0.05) is 24.3 Å². The molecule has 2 aromatic rings. The monoisotopic (exact) mass is 287 g/mol. The van der Waals surface area contributed by atoms with E-state index in [0.717, 1.165) is 24.0 Å². The molecule has 0 atom stereocenters. The first-order valence-electron chi connectivity index (χ1n) is 6.89. The summed E-state index contributed by atoms with van der Waals surface area (Å²) < 4.78 is 25.8. The van der Waals surface area contributed by atoms with Gasteiger partial charge in [0.25, 0.3) is 0 Å². The van der Waals surface area contributed by atoms with E-state index in [9.17, 15) is 13.6 Å². The Balaban J connectivity index is 1.67. The van der Waals surface area contributed by atoms with Gasteiger partial charge in [-0.3, -0.25) is 4.79 Å². The van der Waals surface area contributed by atoms with Gasteiger partial charge in [-0.05, 0) is 48.2 Å². The van der Waals surface area contributed by atoms with E-state index in [1.807, 2.05) is 0 Å². The lowest BCUT2D eigenvalue weighted by Crippen LogP contribution is -2.34. The fourth-order valence-electron chi connectivity index (χ4n) is 2.49. The Labute approximate surface area is 121 Å². The van der Waals surface area contributed by atoms with Crippen molar-refractivity contribution in [2.45, 2.75) is 24.8 Å². The molecule has 0 aromatic heterocycles. The molecule has 0 bridgehead atoms. The van der Waals surface area contributed by atoms with Crippen molar-refractivity contribution in [2.24, 2.45) is 0 Å². The van der Waals surface area contributed by atoms with Crippen molar-refractivity contribution in [3.05, 3.63) is 71.3 Å². The smallest absolute Gasteiger partial charge is 0.230 e. The highest BCUT2D eigenvalue weighted by molar-refractivity contribution is 5.91. The Kier molecular flexibility index (Phi) is 3.45. The summed E-state index contributed by atoms with van der Waals surface area (Å²) in [5.41, 5.74) is 1.17. The number of amides is 1. The van der Waals surface area contributed by atoms with Gasteiger partial charge >= 0.3 is 0 Å². The first-order valence-corrected chi connectivity index (χ1v) is 6.89. The number of nitrogens with one attached hydrogen (secondary N) is 1. The van der Waals surface area contributed by atoms with Crippen LogP contribution in [0.15, 0.2) is 48.5 Å². The molecule has 2 nitrogen and oxygen atoms in total. The van der Waals surface area contributed by atoms with Crippen LogP contribution in [0.1, 0.15) is 24.0 Å². The van der Waals surface area contributed by atoms with Crippen LogP contribution in [0, 0.1) is 11.6 Å². The molecule has 0 saturated heterocycles. The lowest BCUT2D eigenvalue weighted by molar-refractivity contribution is -0.123. The SMILES string of the molecule is O=C(NCc1ccc(F)cc1)C1(c2ccc(F)cc2)CC1. The topological polar surface area (TPSA) is 29.1 Å². The zero-order chi connectivity index (χ0) is 14.9. The average molecular weight is 287 g/mol. The van der Waals surface area contributed by atoms with E-state index in [2.05, 4.69) is 5.32 Å². The summed E-state index contributed by atoms with van der Waals surface area (Å²) in [4.78, 5) is 12.4. The van der Waals surface area contributed by atoms with Gasteiger partial charge in [-0.15, -0.1) is 0 Å². The Morgan fingerprint density at radius 3 is 2.00 bits per heavy atom. The second kappa shape index (κ2) is 5.28. The highest BCUT2D eigenvalue weighted by Crippen LogP contribution is 2.48. The molecule has 1 saturated carbocycles. The van der Waals surface area contributed by atoms with E-state index in [1.54, 1.807) is 24.3 Å². The van der Waals surface area contributed by atoms with Crippen LogP contribution in [0.4, 0.5) is 8.78 Å². The third-order valence-corrected chi connectivity index (χ3v) is 3.95. The molecule has 21 heavy (non-hydrogen) atoms. The highest BCUT2D eigenvalue weighted by Gasteiger charge is 2.51. The van der Waals surface area contributed by atoms with Gasteiger partial charge in [0.15, 0.2) is 0 Å². The number of halogens is 2. The molecule has 0 spiro atoms. The minimum atomic E-state index is -0.520. The quantitative estimate of drug-likeness (QED) is 0.918. The van der Waals surface area contributed by atoms with Crippen molar-refractivity contribution in [1.82, 2.24) is 5.32 Å². The average Bonchev–Trinajstić information content (AvgIpc) is 3.29. The molecule has 1 fully saturated rings. The standard InChI is InChI=1S/C17H15F2NO/c18-14-5-1-12(2-6-14)11-20-16(21)17(9-10-17)13-3-7-15(19)8-4-13/h1-8H,9-11H2,(H,20,21). The maximum absolute atomic E-state index is 13.0. The van der Waals surface area contributed by atoms with Crippen molar-refractivity contribution in [3.8, 4) is 0 Å². The van der Waals surface area contributed by atoms with Gasteiger partial charge in [0.05, 0.1) is 5.41 Å². The molecule has 1 aliphatic rings. The fraction of sp³-hybridized carbons (Fsp3) is 0.235. The third-order valence-electron chi connectivity index (χ3n) is 3.95. The van der Waals surface area contributed by atoms with Gasteiger partial charge in [0.2, 0.25) is 5.91 Å². The molecule has 1 aliphatic carbocycles. The van der Waals surface area contributed by atoms with E-state index in [-0.39, 0.29) is 17.5 Å². The number of benzene rings is 2. The first-order chi connectivity index (χ1) is 10.1. The summed E-state index contributed by atoms with van der Waals surface area (Å²) in [6, 6.07) is 12.1. The second-order valence-electron chi connectivity index (χ2n) is 5.40. The van der Waals surface area contributed by atoms with E-state index < -0.39 is 5.41 Å². The number of rotatable bonds is 4. The van der Waals surface area contributed by atoms with Gasteiger partial charge in [0, 0.05) is 6.54 Å². The van der Waals surface area contributed by atoms with Crippen molar-refractivity contribution in [3.63, 3.8) is 0 Å². The maximum Gasteiger partial charge on any atom is 0.230 e. The maximum atomic E-state index is 13.0. The van der Waals surface area contributed by atoms with Crippen LogP contribution in [0.3, 0.4) is 0 Å². The molecule has 0 unspecified atom stereocenters. The number of hydrogen-bond donors (Lipinski definition) is 1. The van der Waals surface area contributed by atoms with Crippen LogP contribution in [0.25, 0.3) is 0 Å². The molecule has 2 aromatic carbocycles. The van der Waals surface area contributed by atoms with Crippen LogP contribution in [-0.2, 0) is 16.8 Å². The number of carbonyl (C=O) groups is 1. The van der Waals surface area contributed by atoms with Crippen LogP contribution in [0.2, 0.25) is 0 Å². The van der Waals surface area contributed by atoms with E-state index in [4.69, 9.17) is 0 Å².